The number of halogens is 1. The summed E-state index contributed by atoms with van der Waals surface area (Å²) in [6.07, 6.45) is 0. The van der Waals surface area contributed by atoms with Crippen molar-refractivity contribution < 1.29 is 14.0 Å². The lowest BCUT2D eigenvalue weighted by Gasteiger charge is -2.13. The third-order valence-corrected chi connectivity index (χ3v) is 5.05. The van der Waals surface area contributed by atoms with Crippen LogP contribution in [0.3, 0.4) is 0 Å². The van der Waals surface area contributed by atoms with E-state index in [0.717, 1.165) is 11.1 Å². The lowest BCUT2D eigenvalue weighted by molar-refractivity contribution is -0.119. The molecule has 0 fully saturated rings. The minimum Gasteiger partial charge on any atom is -0.350 e. The standard InChI is InChI=1S/C21H20FN3O2S/c1-12-5-4-6-17(19(12)22)20(27)25-21-24-18(11-28-21)16-9-7-15(8-10-16)13(2)23-14(3)26/h4-11,13H,1-3H3,(H,23,26)(H,24,25,27)/t13-/m0/s1. The van der Waals surface area contributed by atoms with Crippen LogP contribution in [0.2, 0.25) is 0 Å². The van der Waals surface area contributed by atoms with Crippen molar-refractivity contribution in [2.24, 2.45) is 0 Å². The first kappa shape index (κ1) is 19.7. The normalized spacial score (nSPS) is 11.7. The Balaban J connectivity index is 1.72. The van der Waals surface area contributed by atoms with Crippen LogP contribution in [0, 0.1) is 12.7 Å². The van der Waals surface area contributed by atoms with Crippen molar-refractivity contribution in [3.05, 3.63) is 70.4 Å². The van der Waals surface area contributed by atoms with E-state index in [2.05, 4.69) is 15.6 Å². The van der Waals surface area contributed by atoms with Crippen LogP contribution in [-0.2, 0) is 4.79 Å². The summed E-state index contributed by atoms with van der Waals surface area (Å²) in [5.41, 5.74) is 2.99. The Labute approximate surface area is 166 Å². The number of carbonyl (C=O) groups excluding carboxylic acids is 2. The molecule has 0 unspecified atom stereocenters. The van der Waals surface area contributed by atoms with E-state index in [0.29, 0.717) is 16.4 Å². The van der Waals surface area contributed by atoms with Gasteiger partial charge in [-0.15, -0.1) is 11.3 Å². The fourth-order valence-electron chi connectivity index (χ4n) is 2.78. The van der Waals surface area contributed by atoms with Gasteiger partial charge in [0.15, 0.2) is 5.13 Å². The van der Waals surface area contributed by atoms with Crippen molar-refractivity contribution in [3.8, 4) is 11.3 Å². The summed E-state index contributed by atoms with van der Waals surface area (Å²) in [6, 6.07) is 12.3. The largest absolute Gasteiger partial charge is 0.350 e. The highest BCUT2D eigenvalue weighted by atomic mass is 32.1. The molecule has 0 aliphatic heterocycles. The fourth-order valence-corrected chi connectivity index (χ4v) is 3.50. The van der Waals surface area contributed by atoms with Crippen LogP contribution >= 0.6 is 11.3 Å². The van der Waals surface area contributed by atoms with Gasteiger partial charge in [0.25, 0.3) is 5.91 Å². The van der Waals surface area contributed by atoms with Crippen LogP contribution in [0.25, 0.3) is 11.3 Å². The quantitative estimate of drug-likeness (QED) is 0.655. The molecule has 1 heterocycles. The van der Waals surface area contributed by atoms with Crippen LogP contribution in [0.4, 0.5) is 9.52 Å². The Hall–Kier alpha value is -3.06. The molecule has 2 amide bonds. The van der Waals surface area contributed by atoms with E-state index >= 15 is 0 Å². The van der Waals surface area contributed by atoms with E-state index in [1.807, 2.05) is 36.6 Å². The van der Waals surface area contributed by atoms with Gasteiger partial charge in [-0.3, -0.25) is 14.9 Å². The summed E-state index contributed by atoms with van der Waals surface area (Å²) in [6.45, 7) is 5.01. The third kappa shape index (κ3) is 4.43. The van der Waals surface area contributed by atoms with Gasteiger partial charge in [0.1, 0.15) is 5.82 Å². The van der Waals surface area contributed by atoms with E-state index < -0.39 is 11.7 Å². The molecule has 7 heteroatoms. The van der Waals surface area contributed by atoms with Gasteiger partial charge in [-0.25, -0.2) is 9.37 Å². The molecule has 5 nitrogen and oxygen atoms in total. The highest BCUT2D eigenvalue weighted by molar-refractivity contribution is 7.14. The predicted octanol–water partition coefficient (Wildman–Crippen LogP) is 4.71. The molecular weight excluding hydrogens is 377 g/mol. The summed E-state index contributed by atoms with van der Waals surface area (Å²) < 4.78 is 14.1. The SMILES string of the molecule is CC(=O)N[C@@H](C)c1ccc(-c2csc(NC(=O)c3cccc(C)c3F)n2)cc1. The van der Waals surface area contributed by atoms with E-state index in [4.69, 9.17) is 0 Å². The van der Waals surface area contributed by atoms with Crippen molar-refractivity contribution in [2.75, 3.05) is 5.32 Å². The number of nitrogens with zero attached hydrogens (tertiary/aromatic N) is 1. The average Bonchev–Trinajstić information content (AvgIpc) is 3.12. The number of rotatable bonds is 5. The van der Waals surface area contributed by atoms with Gasteiger partial charge in [-0.2, -0.15) is 0 Å². The summed E-state index contributed by atoms with van der Waals surface area (Å²) in [5, 5.41) is 7.71. The Morgan fingerprint density at radius 2 is 1.86 bits per heavy atom. The first-order valence-corrected chi connectivity index (χ1v) is 9.62. The summed E-state index contributed by atoms with van der Waals surface area (Å²) in [5.74, 6) is -1.14. The van der Waals surface area contributed by atoms with Crippen molar-refractivity contribution in [2.45, 2.75) is 26.8 Å². The number of thiazole rings is 1. The second-order valence-corrected chi connectivity index (χ2v) is 7.33. The van der Waals surface area contributed by atoms with Gasteiger partial charge in [0.2, 0.25) is 5.91 Å². The molecule has 3 rings (SSSR count). The van der Waals surface area contributed by atoms with Gasteiger partial charge < -0.3 is 5.32 Å². The van der Waals surface area contributed by atoms with E-state index in [1.165, 1.54) is 24.3 Å². The molecule has 28 heavy (non-hydrogen) atoms. The highest BCUT2D eigenvalue weighted by Crippen LogP contribution is 2.27. The molecule has 1 aromatic heterocycles. The minimum atomic E-state index is -0.527. The first-order chi connectivity index (χ1) is 13.3. The number of carbonyl (C=O) groups is 2. The number of hydrogen-bond donors (Lipinski definition) is 2. The topological polar surface area (TPSA) is 71.1 Å². The average molecular weight is 397 g/mol. The minimum absolute atomic E-state index is 0.00642. The van der Waals surface area contributed by atoms with Crippen LogP contribution < -0.4 is 10.6 Å². The Bertz CT molecular complexity index is 1010. The van der Waals surface area contributed by atoms with Gasteiger partial charge in [0, 0.05) is 17.9 Å². The van der Waals surface area contributed by atoms with E-state index in [-0.39, 0.29) is 17.5 Å². The zero-order chi connectivity index (χ0) is 20.3. The maximum absolute atomic E-state index is 14.1. The monoisotopic (exact) mass is 397 g/mol. The summed E-state index contributed by atoms with van der Waals surface area (Å²) in [4.78, 5) is 27.9. The van der Waals surface area contributed by atoms with E-state index in [9.17, 15) is 14.0 Å². The molecule has 0 saturated carbocycles. The second kappa shape index (κ2) is 8.31. The van der Waals surface area contributed by atoms with Crippen molar-refractivity contribution in [1.29, 1.82) is 0 Å². The maximum Gasteiger partial charge on any atom is 0.260 e. The lowest BCUT2D eigenvalue weighted by atomic mass is 10.1. The van der Waals surface area contributed by atoms with Gasteiger partial charge in [-0.05, 0) is 31.0 Å². The molecule has 0 aliphatic carbocycles. The molecule has 0 spiro atoms. The maximum atomic E-state index is 14.1. The molecule has 2 aromatic carbocycles. The van der Waals surface area contributed by atoms with Gasteiger partial charge >= 0.3 is 0 Å². The molecule has 1 atom stereocenters. The van der Waals surface area contributed by atoms with E-state index in [1.54, 1.807) is 19.1 Å². The zero-order valence-corrected chi connectivity index (χ0v) is 16.6. The number of aromatic nitrogens is 1. The predicted molar refractivity (Wildman–Crippen MR) is 109 cm³/mol. The number of aryl methyl sites for hydroxylation is 1. The van der Waals surface area contributed by atoms with Crippen LogP contribution in [0.1, 0.15) is 41.4 Å². The number of nitrogens with one attached hydrogen (secondary N) is 2. The van der Waals surface area contributed by atoms with Crippen molar-refractivity contribution in [1.82, 2.24) is 10.3 Å². The lowest BCUT2D eigenvalue weighted by Crippen LogP contribution is -2.23. The third-order valence-electron chi connectivity index (χ3n) is 4.29. The number of amides is 2. The number of benzene rings is 2. The van der Waals surface area contributed by atoms with Crippen LogP contribution in [-0.4, -0.2) is 16.8 Å². The Kier molecular flexibility index (Phi) is 5.84. The number of hydrogen-bond acceptors (Lipinski definition) is 4. The fraction of sp³-hybridized carbons (Fsp3) is 0.190. The Morgan fingerprint density at radius 3 is 2.54 bits per heavy atom. The molecule has 0 bridgehead atoms. The molecule has 144 valence electrons. The molecule has 2 N–H and O–H groups in total. The molecule has 3 aromatic rings. The van der Waals surface area contributed by atoms with Crippen molar-refractivity contribution >= 4 is 28.3 Å². The summed E-state index contributed by atoms with van der Waals surface area (Å²) in [7, 11) is 0. The van der Waals surface area contributed by atoms with Crippen LogP contribution in [0.5, 0.6) is 0 Å². The summed E-state index contributed by atoms with van der Waals surface area (Å²) >= 11 is 1.27. The Morgan fingerprint density at radius 1 is 1.14 bits per heavy atom. The molecule has 0 saturated heterocycles. The van der Waals surface area contributed by atoms with Crippen molar-refractivity contribution in [3.63, 3.8) is 0 Å². The smallest absolute Gasteiger partial charge is 0.260 e. The van der Waals surface area contributed by atoms with Gasteiger partial charge in [-0.1, -0.05) is 36.4 Å². The molecule has 0 radical (unpaired) electrons. The first-order valence-electron chi connectivity index (χ1n) is 8.74. The highest BCUT2D eigenvalue weighted by Gasteiger charge is 2.15. The number of anilines is 1. The zero-order valence-electron chi connectivity index (χ0n) is 15.7. The van der Waals surface area contributed by atoms with Crippen LogP contribution in [0.15, 0.2) is 47.8 Å². The molecular formula is C21H20FN3O2S. The molecule has 0 aliphatic rings. The second-order valence-electron chi connectivity index (χ2n) is 6.47. The van der Waals surface area contributed by atoms with Gasteiger partial charge in [0.05, 0.1) is 17.3 Å².